The van der Waals surface area contributed by atoms with Gasteiger partial charge >= 0.3 is 0 Å². The zero-order valence-electron chi connectivity index (χ0n) is 16.8. The highest BCUT2D eigenvalue weighted by atomic mass is 32.1. The van der Waals surface area contributed by atoms with Gasteiger partial charge in [0.1, 0.15) is 11.6 Å². The molecule has 0 radical (unpaired) electrons. The van der Waals surface area contributed by atoms with E-state index in [9.17, 15) is 4.79 Å². The van der Waals surface area contributed by atoms with Gasteiger partial charge in [-0.2, -0.15) is 0 Å². The highest BCUT2D eigenvalue weighted by molar-refractivity contribution is 7.13. The van der Waals surface area contributed by atoms with Crippen molar-refractivity contribution in [2.24, 2.45) is 0 Å². The third-order valence-electron chi connectivity index (χ3n) is 4.56. The number of ether oxygens (including phenoxy) is 1. The standard InChI is InChI=1S/C23H22N4O2S/c1-27(2)21(28)15-29-17-8-5-7-16(13-17)14-24-22-18-9-3-4-10-19(18)25-23(26-22)20-11-6-12-30-20/h3-13H,14-15H2,1-2H3,(H,24,25,26). The monoisotopic (exact) mass is 418 g/mol. The SMILES string of the molecule is CN(C)C(=O)COc1cccc(CNc2nc(-c3cccs3)nc3ccccc23)c1. The molecule has 2 aromatic carbocycles. The number of benzene rings is 2. The molecule has 2 aromatic heterocycles. The second kappa shape index (κ2) is 8.92. The Morgan fingerprint density at radius 2 is 1.93 bits per heavy atom. The molecule has 7 heteroatoms. The number of para-hydroxylation sites is 1. The van der Waals surface area contributed by atoms with E-state index < -0.39 is 0 Å². The smallest absolute Gasteiger partial charge is 0.259 e. The van der Waals surface area contributed by atoms with Crippen molar-refractivity contribution in [3.63, 3.8) is 0 Å². The van der Waals surface area contributed by atoms with Crippen LogP contribution in [-0.4, -0.2) is 41.5 Å². The van der Waals surface area contributed by atoms with Crippen molar-refractivity contribution in [3.8, 4) is 16.5 Å². The normalized spacial score (nSPS) is 10.7. The Morgan fingerprint density at radius 1 is 1.07 bits per heavy atom. The van der Waals surface area contributed by atoms with Gasteiger partial charge in [-0.15, -0.1) is 11.3 Å². The van der Waals surface area contributed by atoms with E-state index in [2.05, 4.69) is 5.32 Å². The number of nitrogens with one attached hydrogen (secondary N) is 1. The van der Waals surface area contributed by atoms with Crippen LogP contribution in [0.15, 0.2) is 66.0 Å². The van der Waals surface area contributed by atoms with Crippen molar-refractivity contribution in [1.29, 1.82) is 0 Å². The molecule has 0 aliphatic heterocycles. The van der Waals surface area contributed by atoms with Crippen LogP contribution in [-0.2, 0) is 11.3 Å². The number of hydrogen-bond acceptors (Lipinski definition) is 6. The maximum absolute atomic E-state index is 11.7. The highest BCUT2D eigenvalue weighted by Gasteiger charge is 2.10. The average molecular weight is 419 g/mol. The molecule has 1 N–H and O–H groups in total. The largest absolute Gasteiger partial charge is 0.484 e. The summed E-state index contributed by atoms with van der Waals surface area (Å²) in [7, 11) is 3.42. The van der Waals surface area contributed by atoms with Gasteiger partial charge in [-0.25, -0.2) is 9.97 Å². The van der Waals surface area contributed by atoms with Crippen LogP contribution < -0.4 is 10.1 Å². The molecule has 0 bridgehead atoms. The van der Waals surface area contributed by atoms with Crippen molar-refractivity contribution in [2.75, 3.05) is 26.0 Å². The van der Waals surface area contributed by atoms with Crippen LogP contribution in [0.25, 0.3) is 21.6 Å². The van der Waals surface area contributed by atoms with Gasteiger partial charge in [0.25, 0.3) is 5.91 Å². The van der Waals surface area contributed by atoms with Crippen LogP contribution in [0.4, 0.5) is 5.82 Å². The summed E-state index contributed by atoms with van der Waals surface area (Å²) in [6.07, 6.45) is 0. The van der Waals surface area contributed by atoms with Crippen LogP contribution in [0.2, 0.25) is 0 Å². The predicted molar refractivity (Wildman–Crippen MR) is 121 cm³/mol. The molecule has 0 aliphatic carbocycles. The Bertz CT molecular complexity index is 1160. The Morgan fingerprint density at radius 3 is 2.73 bits per heavy atom. The third kappa shape index (κ3) is 4.58. The summed E-state index contributed by atoms with van der Waals surface area (Å²) in [6.45, 7) is 0.592. The van der Waals surface area contributed by atoms with E-state index in [1.807, 2.05) is 66.0 Å². The number of carbonyl (C=O) groups excluding carboxylic acids is 1. The summed E-state index contributed by atoms with van der Waals surface area (Å²) in [6, 6.07) is 19.7. The topological polar surface area (TPSA) is 67.3 Å². The van der Waals surface area contributed by atoms with Gasteiger partial charge in [-0.05, 0) is 41.3 Å². The van der Waals surface area contributed by atoms with Gasteiger partial charge in [-0.3, -0.25) is 4.79 Å². The Labute approximate surface area is 179 Å². The van der Waals surface area contributed by atoms with Crippen LogP contribution in [0.5, 0.6) is 5.75 Å². The first-order valence-corrected chi connectivity index (χ1v) is 10.4. The highest BCUT2D eigenvalue weighted by Crippen LogP contribution is 2.27. The van der Waals surface area contributed by atoms with Gasteiger partial charge in [0.15, 0.2) is 12.4 Å². The van der Waals surface area contributed by atoms with E-state index in [0.29, 0.717) is 18.1 Å². The number of anilines is 1. The zero-order valence-corrected chi connectivity index (χ0v) is 17.6. The zero-order chi connectivity index (χ0) is 20.9. The molecule has 0 saturated heterocycles. The van der Waals surface area contributed by atoms with Crippen molar-refractivity contribution >= 4 is 34.0 Å². The molecule has 4 rings (SSSR count). The van der Waals surface area contributed by atoms with Gasteiger partial charge in [0.05, 0.1) is 10.4 Å². The van der Waals surface area contributed by atoms with Crippen LogP contribution in [0, 0.1) is 0 Å². The average Bonchev–Trinajstić information content (AvgIpc) is 3.31. The number of carbonyl (C=O) groups is 1. The first kappa shape index (κ1) is 19.8. The lowest BCUT2D eigenvalue weighted by molar-refractivity contribution is -0.130. The number of nitrogens with zero attached hydrogens (tertiary/aromatic N) is 3. The Hall–Kier alpha value is -3.45. The summed E-state index contributed by atoms with van der Waals surface area (Å²) in [5.41, 5.74) is 1.93. The number of likely N-dealkylation sites (N-methyl/N-ethyl adjacent to an activating group) is 1. The first-order chi connectivity index (χ1) is 14.6. The molecule has 0 fully saturated rings. The molecule has 0 saturated carbocycles. The molecule has 152 valence electrons. The van der Waals surface area contributed by atoms with Gasteiger partial charge < -0.3 is 15.0 Å². The maximum Gasteiger partial charge on any atom is 0.259 e. The minimum atomic E-state index is -0.0768. The van der Waals surface area contributed by atoms with Gasteiger partial charge in [0, 0.05) is 26.0 Å². The number of hydrogen-bond donors (Lipinski definition) is 1. The predicted octanol–water partition coefficient (Wildman–Crippen LogP) is 4.44. The molecule has 0 unspecified atom stereocenters. The maximum atomic E-state index is 11.7. The van der Waals surface area contributed by atoms with Gasteiger partial charge in [-0.1, -0.05) is 30.3 Å². The fourth-order valence-corrected chi connectivity index (χ4v) is 3.59. The van der Waals surface area contributed by atoms with Crippen molar-refractivity contribution in [2.45, 2.75) is 6.54 Å². The lowest BCUT2D eigenvalue weighted by Gasteiger charge is -2.13. The van der Waals surface area contributed by atoms with E-state index >= 15 is 0 Å². The molecule has 0 atom stereocenters. The van der Waals surface area contributed by atoms with Gasteiger partial charge in [0.2, 0.25) is 0 Å². The van der Waals surface area contributed by atoms with Crippen LogP contribution in [0.3, 0.4) is 0 Å². The second-order valence-electron chi connectivity index (χ2n) is 6.97. The van der Waals surface area contributed by atoms with Crippen LogP contribution in [0.1, 0.15) is 5.56 Å². The Kier molecular flexibility index (Phi) is 5.90. The van der Waals surface area contributed by atoms with Crippen molar-refractivity contribution in [1.82, 2.24) is 14.9 Å². The molecular weight excluding hydrogens is 396 g/mol. The first-order valence-electron chi connectivity index (χ1n) is 9.56. The molecule has 2 heterocycles. The summed E-state index contributed by atoms with van der Waals surface area (Å²) in [5, 5.41) is 6.43. The molecule has 0 aliphatic rings. The number of fused-ring (bicyclic) bond motifs is 1. The fraction of sp³-hybridized carbons (Fsp3) is 0.174. The van der Waals surface area contributed by atoms with E-state index in [-0.39, 0.29) is 12.5 Å². The molecular formula is C23H22N4O2S. The molecule has 6 nitrogen and oxygen atoms in total. The van der Waals surface area contributed by atoms with E-state index in [1.54, 1.807) is 25.4 Å². The number of aromatic nitrogens is 2. The fourth-order valence-electron chi connectivity index (χ4n) is 2.93. The Balaban J connectivity index is 1.54. The molecule has 1 amide bonds. The van der Waals surface area contributed by atoms with E-state index in [4.69, 9.17) is 14.7 Å². The van der Waals surface area contributed by atoms with Crippen LogP contribution >= 0.6 is 11.3 Å². The van der Waals surface area contributed by atoms with Crippen molar-refractivity contribution < 1.29 is 9.53 Å². The quantitative estimate of drug-likeness (QED) is 0.481. The number of amides is 1. The minimum Gasteiger partial charge on any atom is -0.484 e. The lowest BCUT2D eigenvalue weighted by atomic mass is 10.2. The lowest BCUT2D eigenvalue weighted by Crippen LogP contribution is -2.27. The summed E-state index contributed by atoms with van der Waals surface area (Å²) < 4.78 is 5.62. The summed E-state index contributed by atoms with van der Waals surface area (Å²) >= 11 is 1.62. The minimum absolute atomic E-state index is 0.0185. The summed E-state index contributed by atoms with van der Waals surface area (Å²) in [4.78, 5) is 23.8. The molecule has 0 spiro atoms. The molecule has 4 aromatic rings. The number of rotatable bonds is 7. The van der Waals surface area contributed by atoms with E-state index in [0.717, 1.165) is 27.2 Å². The molecule has 30 heavy (non-hydrogen) atoms. The third-order valence-corrected chi connectivity index (χ3v) is 5.43. The number of thiophene rings is 1. The van der Waals surface area contributed by atoms with E-state index in [1.165, 1.54) is 4.90 Å². The second-order valence-corrected chi connectivity index (χ2v) is 7.92. The summed E-state index contributed by atoms with van der Waals surface area (Å²) in [5.74, 6) is 2.09. The van der Waals surface area contributed by atoms with Crippen molar-refractivity contribution in [3.05, 3.63) is 71.6 Å².